The van der Waals surface area contributed by atoms with E-state index in [9.17, 15) is 28.8 Å². The summed E-state index contributed by atoms with van der Waals surface area (Å²) in [6.45, 7) is 4.39. The van der Waals surface area contributed by atoms with Crippen LogP contribution in [-0.2, 0) is 38.2 Å². The Hall–Kier alpha value is -4.66. The van der Waals surface area contributed by atoms with Crippen LogP contribution < -0.4 is 10.6 Å². The number of aliphatic hydroxyl groups excluding tert-OH is 1. The zero-order chi connectivity index (χ0) is 37.3. The Kier molecular flexibility index (Phi) is 16.2. The number of anilines is 1. The number of ether oxygens (including phenoxy) is 3. The molecule has 282 valence electrons. The molecule has 1 fully saturated rings. The van der Waals surface area contributed by atoms with Gasteiger partial charge in [-0.05, 0) is 66.5 Å². The van der Waals surface area contributed by atoms with Gasteiger partial charge in [0.15, 0.2) is 5.78 Å². The van der Waals surface area contributed by atoms with Crippen molar-refractivity contribution in [2.24, 2.45) is 0 Å². The maximum atomic E-state index is 13.5. The van der Waals surface area contributed by atoms with Crippen molar-refractivity contribution in [2.75, 3.05) is 51.5 Å². The van der Waals surface area contributed by atoms with E-state index >= 15 is 0 Å². The molecule has 4 amide bonds. The van der Waals surface area contributed by atoms with Crippen LogP contribution in [0.2, 0.25) is 0 Å². The fourth-order valence-electron chi connectivity index (χ4n) is 6.03. The second kappa shape index (κ2) is 21.0. The molecular weight excluding hydrogens is 674 g/mol. The molecule has 0 radical (unpaired) electrons. The summed E-state index contributed by atoms with van der Waals surface area (Å²) in [5, 5.41) is 15.0. The standard InChI is InChI=1S/C38H49N3O11/c1-2-3-20-50-23-18-39-33(44)12-7-13-34(45)40-26-14-15-28-30(24-26)31(25-51-38(48)52-41-35(46)16-17-36(41)47)27-9-6-10-29(37(27)28)32(43)11-8-22-49-21-5-4-19-42/h6,9-10,14-15,24,31,42H,2-5,7-8,11-13,16-23,25H2,1H3,(H,39,44)(H,40,45). The number of carbonyl (C=O) groups is 6. The molecule has 3 N–H and O–H groups in total. The minimum atomic E-state index is -1.22. The van der Waals surface area contributed by atoms with Crippen molar-refractivity contribution >= 4 is 41.3 Å². The monoisotopic (exact) mass is 723 g/mol. The molecule has 1 aliphatic heterocycles. The Balaban J connectivity index is 1.42. The first kappa shape index (κ1) is 40.1. The summed E-state index contributed by atoms with van der Waals surface area (Å²) in [4.78, 5) is 79.9. The number of hydrogen-bond donors (Lipinski definition) is 3. The lowest BCUT2D eigenvalue weighted by molar-refractivity contribution is -0.177. The summed E-state index contributed by atoms with van der Waals surface area (Å²) >= 11 is 0. The third kappa shape index (κ3) is 11.7. The van der Waals surface area contributed by atoms with Gasteiger partial charge in [-0.1, -0.05) is 42.7 Å². The van der Waals surface area contributed by atoms with Crippen LogP contribution >= 0.6 is 0 Å². The number of benzene rings is 2. The van der Waals surface area contributed by atoms with Gasteiger partial charge in [0.05, 0.1) is 6.61 Å². The quantitative estimate of drug-likeness (QED) is 0.0618. The van der Waals surface area contributed by atoms with Gasteiger partial charge in [0.2, 0.25) is 11.8 Å². The summed E-state index contributed by atoms with van der Waals surface area (Å²) in [5.74, 6) is -2.35. The summed E-state index contributed by atoms with van der Waals surface area (Å²) in [7, 11) is 0. The highest BCUT2D eigenvalue weighted by Gasteiger charge is 2.36. The summed E-state index contributed by atoms with van der Waals surface area (Å²) in [6.07, 6.45) is 3.50. The van der Waals surface area contributed by atoms with Crippen LogP contribution in [0, 0.1) is 0 Å². The molecular formula is C38H49N3O11. The second-order valence-electron chi connectivity index (χ2n) is 12.6. The zero-order valence-corrected chi connectivity index (χ0v) is 29.7. The average molecular weight is 724 g/mol. The van der Waals surface area contributed by atoms with Gasteiger partial charge < -0.3 is 30.0 Å². The molecule has 14 heteroatoms. The van der Waals surface area contributed by atoms with Gasteiger partial charge in [-0.15, -0.1) is 0 Å². The highest BCUT2D eigenvalue weighted by Crippen LogP contribution is 2.48. The lowest BCUT2D eigenvalue weighted by atomic mass is 9.93. The van der Waals surface area contributed by atoms with Gasteiger partial charge in [0.25, 0.3) is 11.8 Å². The second-order valence-corrected chi connectivity index (χ2v) is 12.6. The van der Waals surface area contributed by atoms with Crippen molar-refractivity contribution in [1.82, 2.24) is 10.4 Å². The van der Waals surface area contributed by atoms with Crippen LogP contribution in [0.5, 0.6) is 0 Å². The molecule has 0 spiro atoms. The summed E-state index contributed by atoms with van der Waals surface area (Å²) in [6, 6.07) is 10.6. The topological polar surface area (TPSA) is 187 Å². The fourth-order valence-corrected chi connectivity index (χ4v) is 6.03. The number of aliphatic hydroxyl groups is 1. The summed E-state index contributed by atoms with van der Waals surface area (Å²) < 4.78 is 16.4. The lowest BCUT2D eigenvalue weighted by Gasteiger charge is -2.17. The molecule has 1 heterocycles. The highest BCUT2D eigenvalue weighted by atomic mass is 16.8. The molecule has 4 rings (SSSR count). The van der Waals surface area contributed by atoms with Crippen LogP contribution in [0.3, 0.4) is 0 Å². The van der Waals surface area contributed by atoms with Gasteiger partial charge in [-0.3, -0.25) is 28.8 Å². The molecule has 0 aromatic heterocycles. The first-order valence-electron chi connectivity index (χ1n) is 18.1. The number of unbranched alkanes of at least 4 members (excludes halogenated alkanes) is 2. The Morgan fingerprint density at radius 1 is 0.827 bits per heavy atom. The molecule has 0 saturated carbocycles. The number of hydrogen-bond acceptors (Lipinski definition) is 11. The van der Waals surface area contributed by atoms with E-state index in [1.807, 2.05) is 6.07 Å². The number of nitrogens with one attached hydrogen (secondary N) is 2. The number of ketones is 1. The van der Waals surface area contributed by atoms with Gasteiger partial charge >= 0.3 is 6.16 Å². The van der Waals surface area contributed by atoms with Crippen molar-refractivity contribution in [3.05, 3.63) is 53.1 Å². The minimum absolute atomic E-state index is 0.0571. The highest BCUT2D eigenvalue weighted by molar-refractivity contribution is 6.05. The molecule has 0 bridgehead atoms. The molecule has 2 aromatic carbocycles. The molecule has 2 aromatic rings. The van der Waals surface area contributed by atoms with Crippen LogP contribution in [0.4, 0.5) is 10.5 Å². The van der Waals surface area contributed by atoms with Crippen molar-refractivity contribution in [3.8, 4) is 11.1 Å². The smallest absolute Gasteiger partial charge is 0.432 e. The van der Waals surface area contributed by atoms with E-state index in [0.717, 1.165) is 30.4 Å². The Morgan fingerprint density at radius 3 is 2.33 bits per heavy atom. The number of nitrogens with zero attached hydrogens (tertiary/aromatic N) is 1. The van der Waals surface area contributed by atoms with E-state index in [1.165, 1.54) is 0 Å². The van der Waals surface area contributed by atoms with E-state index in [2.05, 4.69) is 17.6 Å². The maximum Gasteiger partial charge on any atom is 0.533 e. The van der Waals surface area contributed by atoms with Gasteiger partial charge in [-0.25, -0.2) is 4.79 Å². The molecule has 1 aliphatic carbocycles. The van der Waals surface area contributed by atoms with Crippen LogP contribution in [-0.4, -0.2) is 91.9 Å². The number of hydroxylamine groups is 2. The number of Topliss-reactive ketones (excluding diaryl/α,β-unsaturated/α-hetero) is 1. The first-order valence-corrected chi connectivity index (χ1v) is 18.1. The first-order chi connectivity index (χ1) is 25.2. The Labute approximate surface area is 303 Å². The minimum Gasteiger partial charge on any atom is -0.432 e. The zero-order valence-electron chi connectivity index (χ0n) is 29.7. The van der Waals surface area contributed by atoms with Crippen LogP contribution in [0.1, 0.15) is 105 Å². The third-order valence-electron chi connectivity index (χ3n) is 8.70. The van der Waals surface area contributed by atoms with Crippen molar-refractivity contribution in [2.45, 2.75) is 83.5 Å². The lowest BCUT2D eigenvalue weighted by Crippen LogP contribution is -2.32. The maximum absolute atomic E-state index is 13.5. The average Bonchev–Trinajstić information content (AvgIpc) is 3.62. The van der Waals surface area contributed by atoms with Crippen LogP contribution in [0.25, 0.3) is 11.1 Å². The Bertz CT molecular complexity index is 1560. The number of rotatable bonds is 23. The van der Waals surface area contributed by atoms with E-state index < -0.39 is 23.9 Å². The largest absolute Gasteiger partial charge is 0.533 e. The molecule has 1 saturated heterocycles. The summed E-state index contributed by atoms with van der Waals surface area (Å²) in [5.41, 5.74) is 3.84. The molecule has 14 nitrogen and oxygen atoms in total. The number of amides is 4. The number of carbonyl (C=O) groups excluding carboxylic acids is 6. The normalized spacial score (nSPS) is 14.6. The number of imide groups is 1. The SMILES string of the molecule is CCCCOCCNC(=O)CCCC(=O)Nc1ccc2c(c1)C(COC(=O)ON1C(=O)CCC1=O)c1cccc(C(=O)CCCOCCCCO)c1-2. The van der Waals surface area contributed by atoms with Gasteiger partial charge in [0.1, 0.15) is 6.61 Å². The molecule has 1 unspecified atom stereocenters. The van der Waals surface area contributed by atoms with Crippen molar-refractivity contribution < 1.29 is 52.9 Å². The predicted octanol–water partition coefficient (Wildman–Crippen LogP) is 4.81. The molecule has 52 heavy (non-hydrogen) atoms. The van der Waals surface area contributed by atoms with E-state index in [-0.39, 0.29) is 62.9 Å². The van der Waals surface area contributed by atoms with Crippen molar-refractivity contribution in [3.63, 3.8) is 0 Å². The van der Waals surface area contributed by atoms with Crippen molar-refractivity contribution in [1.29, 1.82) is 0 Å². The molecule has 2 aliphatic rings. The van der Waals surface area contributed by atoms with Gasteiger partial charge in [0, 0.05) is 82.2 Å². The predicted molar refractivity (Wildman–Crippen MR) is 189 cm³/mol. The van der Waals surface area contributed by atoms with E-state index in [1.54, 1.807) is 30.3 Å². The Morgan fingerprint density at radius 2 is 1.56 bits per heavy atom. The van der Waals surface area contributed by atoms with E-state index in [4.69, 9.17) is 24.2 Å². The fraction of sp³-hybridized carbons (Fsp3) is 0.526. The van der Waals surface area contributed by atoms with Crippen LogP contribution in [0.15, 0.2) is 36.4 Å². The van der Waals surface area contributed by atoms with Gasteiger partial charge in [-0.2, -0.15) is 0 Å². The molecule has 1 atom stereocenters. The third-order valence-corrected chi connectivity index (χ3v) is 8.70. The number of fused-ring (bicyclic) bond motifs is 3. The van der Waals surface area contributed by atoms with E-state index in [0.29, 0.717) is 79.7 Å².